The first-order chi connectivity index (χ1) is 9.49. The van der Waals surface area contributed by atoms with Crippen molar-refractivity contribution < 1.29 is 4.79 Å². The Balaban J connectivity index is 2.52. The lowest BCUT2D eigenvalue weighted by molar-refractivity contribution is 0.0949. The summed E-state index contributed by atoms with van der Waals surface area (Å²) in [6.45, 7) is 14.3. The number of benzene rings is 1. The van der Waals surface area contributed by atoms with Crippen molar-refractivity contribution in [2.45, 2.75) is 40.7 Å². The lowest BCUT2D eigenvalue weighted by Crippen LogP contribution is -2.39. The molecule has 0 radical (unpaired) electrons. The topological polar surface area (TPSA) is 32.3 Å². The van der Waals surface area contributed by atoms with E-state index in [1.54, 1.807) is 0 Å². The molecule has 112 valence electrons. The van der Waals surface area contributed by atoms with Crippen LogP contribution in [0.4, 0.5) is 0 Å². The van der Waals surface area contributed by atoms with Gasteiger partial charge in [0.2, 0.25) is 0 Å². The number of ketones is 1. The fourth-order valence-corrected chi connectivity index (χ4v) is 2.22. The number of rotatable bonds is 8. The second kappa shape index (κ2) is 8.18. The molecule has 0 heterocycles. The lowest BCUT2D eigenvalue weighted by atomic mass is 10.0. The van der Waals surface area contributed by atoms with E-state index in [-0.39, 0.29) is 11.8 Å². The van der Waals surface area contributed by atoms with Crippen LogP contribution in [0.15, 0.2) is 18.2 Å². The largest absolute Gasteiger partial charge is 0.306 e. The van der Waals surface area contributed by atoms with Crippen LogP contribution in [-0.4, -0.2) is 42.9 Å². The second-order valence-electron chi connectivity index (χ2n) is 5.37. The third-order valence-electron chi connectivity index (χ3n) is 3.96. The van der Waals surface area contributed by atoms with Crippen molar-refractivity contribution in [2.24, 2.45) is 0 Å². The summed E-state index contributed by atoms with van der Waals surface area (Å²) in [4.78, 5) is 14.7. The van der Waals surface area contributed by atoms with Crippen LogP contribution in [0, 0.1) is 13.8 Å². The molecule has 1 unspecified atom stereocenters. The minimum atomic E-state index is -0.132. The van der Waals surface area contributed by atoms with Crippen LogP contribution >= 0.6 is 0 Å². The number of likely N-dealkylation sites (N-methyl/N-ethyl adjacent to an activating group) is 1. The minimum absolute atomic E-state index is 0.132. The zero-order chi connectivity index (χ0) is 15.1. The van der Waals surface area contributed by atoms with Crippen LogP contribution in [-0.2, 0) is 0 Å². The molecule has 1 aromatic rings. The van der Waals surface area contributed by atoms with Crippen molar-refractivity contribution in [2.75, 3.05) is 26.2 Å². The standard InChI is InChI=1S/C17H28N2O/c1-6-19(7-2)11-10-18-15(5)17(20)16-9-8-13(3)14(4)12-16/h8-9,12,15,18H,6-7,10-11H2,1-5H3. The predicted molar refractivity (Wildman–Crippen MR) is 85.5 cm³/mol. The molecule has 0 saturated carbocycles. The van der Waals surface area contributed by atoms with Gasteiger partial charge in [-0.1, -0.05) is 26.0 Å². The molecule has 1 aromatic carbocycles. The minimum Gasteiger partial charge on any atom is -0.306 e. The number of nitrogens with one attached hydrogen (secondary N) is 1. The van der Waals surface area contributed by atoms with Gasteiger partial charge in [0.15, 0.2) is 5.78 Å². The van der Waals surface area contributed by atoms with Crippen LogP contribution in [0.3, 0.4) is 0 Å². The molecule has 0 aliphatic carbocycles. The Hall–Kier alpha value is -1.19. The Morgan fingerprint density at radius 3 is 2.40 bits per heavy atom. The highest BCUT2D eigenvalue weighted by atomic mass is 16.1. The Morgan fingerprint density at radius 2 is 1.85 bits per heavy atom. The molecule has 0 aliphatic heterocycles. The molecular formula is C17H28N2O. The molecule has 20 heavy (non-hydrogen) atoms. The zero-order valence-electron chi connectivity index (χ0n) is 13.5. The van der Waals surface area contributed by atoms with Gasteiger partial charge in [-0.3, -0.25) is 4.79 Å². The molecule has 0 aliphatic rings. The van der Waals surface area contributed by atoms with Gasteiger partial charge in [-0.25, -0.2) is 0 Å². The van der Waals surface area contributed by atoms with E-state index in [1.807, 2.05) is 32.0 Å². The van der Waals surface area contributed by atoms with Crippen LogP contribution in [0.5, 0.6) is 0 Å². The summed E-state index contributed by atoms with van der Waals surface area (Å²) >= 11 is 0. The number of aryl methyl sites for hydroxylation is 2. The van der Waals surface area contributed by atoms with E-state index in [9.17, 15) is 4.79 Å². The van der Waals surface area contributed by atoms with Gasteiger partial charge >= 0.3 is 0 Å². The summed E-state index contributed by atoms with van der Waals surface area (Å²) < 4.78 is 0. The van der Waals surface area contributed by atoms with Gasteiger partial charge in [-0.15, -0.1) is 0 Å². The van der Waals surface area contributed by atoms with Gasteiger partial charge < -0.3 is 10.2 Å². The molecule has 0 fully saturated rings. The maximum absolute atomic E-state index is 12.3. The first kappa shape index (κ1) is 16.9. The highest BCUT2D eigenvalue weighted by Gasteiger charge is 2.15. The van der Waals surface area contributed by atoms with Gasteiger partial charge in [0.1, 0.15) is 0 Å². The van der Waals surface area contributed by atoms with E-state index in [4.69, 9.17) is 0 Å². The Labute approximate surface area is 123 Å². The van der Waals surface area contributed by atoms with Gasteiger partial charge in [-0.05, 0) is 51.1 Å². The predicted octanol–water partition coefficient (Wildman–Crippen LogP) is 2.81. The van der Waals surface area contributed by atoms with Crippen LogP contribution in [0.1, 0.15) is 42.3 Å². The average molecular weight is 276 g/mol. The van der Waals surface area contributed by atoms with Gasteiger partial charge in [0.05, 0.1) is 6.04 Å². The number of carbonyl (C=O) groups excluding carboxylic acids is 1. The Morgan fingerprint density at radius 1 is 1.20 bits per heavy atom. The molecule has 0 bridgehead atoms. The fourth-order valence-electron chi connectivity index (χ4n) is 2.22. The fraction of sp³-hybridized carbons (Fsp3) is 0.588. The van der Waals surface area contributed by atoms with E-state index in [0.717, 1.165) is 31.7 Å². The summed E-state index contributed by atoms with van der Waals surface area (Å²) in [5, 5.41) is 3.32. The van der Waals surface area contributed by atoms with Crippen molar-refractivity contribution in [3.8, 4) is 0 Å². The summed E-state index contributed by atoms with van der Waals surface area (Å²) in [7, 11) is 0. The molecule has 1 rings (SSSR count). The van der Waals surface area contributed by atoms with Crippen molar-refractivity contribution in [3.63, 3.8) is 0 Å². The monoisotopic (exact) mass is 276 g/mol. The third kappa shape index (κ3) is 4.73. The molecule has 1 N–H and O–H groups in total. The van der Waals surface area contributed by atoms with Crippen molar-refractivity contribution in [3.05, 3.63) is 34.9 Å². The van der Waals surface area contributed by atoms with Gasteiger partial charge in [-0.2, -0.15) is 0 Å². The number of nitrogens with zero attached hydrogens (tertiary/aromatic N) is 1. The van der Waals surface area contributed by atoms with E-state index in [1.165, 1.54) is 11.1 Å². The summed E-state index contributed by atoms with van der Waals surface area (Å²) in [6, 6.07) is 5.80. The Kier molecular flexibility index (Phi) is 6.89. The molecule has 3 heteroatoms. The zero-order valence-corrected chi connectivity index (χ0v) is 13.5. The highest BCUT2D eigenvalue weighted by molar-refractivity contribution is 6.00. The van der Waals surface area contributed by atoms with E-state index in [2.05, 4.69) is 31.0 Å². The van der Waals surface area contributed by atoms with Crippen LogP contribution < -0.4 is 5.32 Å². The molecule has 0 saturated heterocycles. The maximum Gasteiger partial charge on any atom is 0.179 e. The maximum atomic E-state index is 12.3. The smallest absolute Gasteiger partial charge is 0.179 e. The molecule has 3 nitrogen and oxygen atoms in total. The third-order valence-corrected chi connectivity index (χ3v) is 3.96. The summed E-state index contributed by atoms with van der Waals surface area (Å²) in [6.07, 6.45) is 0. The average Bonchev–Trinajstić information content (AvgIpc) is 2.45. The normalized spacial score (nSPS) is 12.7. The van der Waals surface area contributed by atoms with E-state index < -0.39 is 0 Å². The first-order valence-corrected chi connectivity index (χ1v) is 7.56. The van der Waals surface area contributed by atoms with Crippen molar-refractivity contribution in [1.82, 2.24) is 10.2 Å². The van der Waals surface area contributed by atoms with Gasteiger partial charge in [0.25, 0.3) is 0 Å². The van der Waals surface area contributed by atoms with E-state index >= 15 is 0 Å². The lowest BCUT2D eigenvalue weighted by Gasteiger charge is -2.20. The highest BCUT2D eigenvalue weighted by Crippen LogP contribution is 2.11. The first-order valence-electron chi connectivity index (χ1n) is 7.56. The van der Waals surface area contributed by atoms with Crippen molar-refractivity contribution >= 4 is 5.78 Å². The number of Topliss-reactive ketones (excluding diaryl/α,β-unsaturated/α-hetero) is 1. The summed E-state index contributed by atoms with van der Waals surface area (Å²) in [5.74, 6) is 0.174. The van der Waals surface area contributed by atoms with Crippen LogP contribution in [0.2, 0.25) is 0 Å². The quantitative estimate of drug-likeness (QED) is 0.741. The second-order valence-corrected chi connectivity index (χ2v) is 5.37. The summed E-state index contributed by atoms with van der Waals surface area (Å²) in [5.41, 5.74) is 3.20. The molecule has 0 amide bonds. The van der Waals surface area contributed by atoms with E-state index in [0.29, 0.717) is 0 Å². The SMILES string of the molecule is CCN(CC)CCNC(C)C(=O)c1ccc(C)c(C)c1. The number of hydrogen-bond acceptors (Lipinski definition) is 3. The Bertz CT molecular complexity index is 439. The van der Waals surface area contributed by atoms with Crippen molar-refractivity contribution in [1.29, 1.82) is 0 Å². The molecule has 0 spiro atoms. The molecule has 1 atom stereocenters. The molecular weight excluding hydrogens is 248 g/mol. The van der Waals surface area contributed by atoms with Gasteiger partial charge in [0, 0.05) is 18.7 Å². The number of hydrogen-bond donors (Lipinski definition) is 1. The number of carbonyl (C=O) groups is 1. The van der Waals surface area contributed by atoms with Crippen LogP contribution in [0.25, 0.3) is 0 Å². The molecule has 0 aromatic heterocycles.